The fraction of sp³-hybridized carbons (Fsp3) is 0.190. The lowest BCUT2D eigenvalue weighted by Crippen LogP contribution is -2.09. The summed E-state index contributed by atoms with van der Waals surface area (Å²) in [5.41, 5.74) is 2.97. The van der Waals surface area contributed by atoms with Crippen molar-refractivity contribution in [3.05, 3.63) is 70.5 Å². The molecule has 7 heteroatoms. The van der Waals surface area contributed by atoms with Crippen LogP contribution in [0.25, 0.3) is 0 Å². The molecule has 0 aliphatic rings. The van der Waals surface area contributed by atoms with Crippen LogP contribution in [0.5, 0.6) is 0 Å². The number of anilines is 4. The van der Waals surface area contributed by atoms with Gasteiger partial charge < -0.3 is 15.4 Å². The van der Waals surface area contributed by atoms with Gasteiger partial charge in [-0.1, -0.05) is 29.8 Å². The molecule has 0 aliphatic carbocycles. The van der Waals surface area contributed by atoms with Crippen molar-refractivity contribution in [3.8, 4) is 0 Å². The van der Waals surface area contributed by atoms with Gasteiger partial charge in [-0.15, -0.1) is 0 Å². The molecule has 6 nitrogen and oxygen atoms in total. The Morgan fingerprint density at radius 1 is 1.00 bits per heavy atom. The van der Waals surface area contributed by atoms with E-state index in [4.69, 9.17) is 16.3 Å². The molecular formula is C21H21ClN4O2. The van der Waals surface area contributed by atoms with E-state index in [-0.39, 0.29) is 5.97 Å². The first-order chi connectivity index (χ1) is 13.5. The Morgan fingerprint density at radius 3 is 2.39 bits per heavy atom. The van der Waals surface area contributed by atoms with Gasteiger partial charge >= 0.3 is 5.97 Å². The molecule has 3 aromatic rings. The van der Waals surface area contributed by atoms with E-state index in [0.29, 0.717) is 40.3 Å². The molecule has 0 saturated heterocycles. The minimum absolute atomic E-state index is 0.312. The fourth-order valence-corrected chi connectivity index (χ4v) is 2.85. The zero-order chi connectivity index (χ0) is 20.1. The van der Waals surface area contributed by atoms with Crippen molar-refractivity contribution in [2.24, 2.45) is 0 Å². The Kier molecular flexibility index (Phi) is 6.11. The van der Waals surface area contributed by atoms with Crippen LogP contribution in [0.4, 0.5) is 23.0 Å². The van der Waals surface area contributed by atoms with E-state index in [1.165, 1.54) is 0 Å². The van der Waals surface area contributed by atoms with E-state index in [0.717, 1.165) is 11.3 Å². The molecule has 0 fully saturated rings. The highest BCUT2D eigenvalue weighted by Crippen LogP contribution is 2.26. The molecular weight excluding hydrogens is 376 g/mol. The van der Waals surface area contributed by atoms with Crippen molar-refractivity contribution >= 4 is 40.6 Å². The molecule has 1 aromatic heterocycles. The van der Waals surface area contributed by atoms with Gasteiger partial charge in [0.05, 0.1) is 17.9 Å². The first-order valence-electron chi connectivity index (χ1n) is 8.88. The summed E-state index contributed by atoms with van der Waals surface area (Å²) in [7, 11) is 0. The van der Waals surface area contributed by atoms with Crippen molar-refractivity contribution in [1.29, 1.82) is 0 Å². The van der Waals surface area contributed by atoms with E-state index in [2.05, 4.69) is 20.6 Å². The minimum atomic E-state index is -0.385. The molecule has 0 spiro atoms. The van der Waals surface area contributed by atoms with Crippen molar-refractivity contribution in [2.45, 2.75) is 20.8 Å². The van der Waals surface area contributed by atoms with Crippen LogP contribution in [0.2, 0.25) is 5.02 Å². The van der Waals surface area contributed by atoms with E-state index in [9.17, 15) is 4.79 Å². The Labute approximate surface area is 168 Å². The molecule has 0 saturated carbocycles. The second kappa shape index (κ2) is 8.71. The highest BCUT2D eigenvalue weighted by molar-refractivity contribution is 6.30. The number of para-hydroxylation sites is 1. The monoisotopic (exact) mass is 396 g/mol. The van der Waals surface area contributed by atoms with Crippen molar-refractivity contribution in [2.75, 3.05) is 17.2 Å². The highest BCUT2D eigenvalue weighted by atomic mass is 35.5. The molecule has 3 rings (SSSR count). The van der Waals surface area contributed by atoms with Crippen LogP contribution < -0.4 is 10.6 Å². The topological polar surface area (TPSA) is 76.1 Å². The van der Waals surface area contributed by atoms with Gasteiger partial charge in [0.1, 0.15) is 17.5 Å². The summed E-state index contributed by atoms with van der Waals surface area (Å²) in [5.74, 6) is 1.38. The highest BCUT2D eigenvalue weighted by Gasteiger charge is 2.13. The summed E-state index contributed by atoms with van der Waals surface area (Å²) in [6.07, 6.45) is 0. The SMILES string of the molecule is CCOC(=O)c1ccccc1Nc1cc(Nc2cc(Cl)ccc2C)nc(C)n1. The molecule has 0 amide bonds. The lowest BCUT2D eigenvalue weighted by Gasteiger charge is -2.13. The maximum absolute atomic E-state index is 12.2. The number of benzene rings is 2. The molecule has 144 valence electrons. The number of aryl methyl sites for hydroxylation is 2. The summed E-state index contributed by atoms with van der Waals surface area (Å²) in [6.45, 7) is 5.88. The van der Waals surface area contributed by atoms with Crippen LogP contribution in [0.3, 0.4) is 0 Å². The number of hydrogen-bond acceptors (Lipinski definition) is 6. The summed E-state index contributed by atoms with van der Waals surface area (Å²) in [5, 5.41) is 7.10. The van der Waals surface area contributed by atoms with Crippen LogP contribution in [-0.4, -0.2) is 22.5 Å². The predicted molar refractivity (Wildman–Crippen MR) is 112 cm³/mol. The van der Waals surface area contributed by atoms with Gasteiger partial charge in [0, 0.05) is 16.8 Å². The van der Waals surface area contributed by atoms with Crippen LogP contribution >= 0.6 is 11.6 Å². The Bertz CT molecular complexity index is 1010. The van der Waals surface area contributed by atoms with Gasteiger partial charge in [-0.25, -0.2) is 14.8 Å². The third kappa shape index (κ3) is 4.78. The molecule has 0 aliphatic heterocycles. The average molecular weight is 397 g/mol. The van der Waals surface area contributed by atoms with E-state index < -0.39 is 0 Å². The lowest BCUT2D eigenvalue weighted by molar-refractivity contribution is 0.0527. The number of halogens is 1. The molecule has 28 heavy (non-hydrogen) atoms. The molecule has 0 bridgehead atoms. The number of hydrogen-bond donors (Lipinski definition) is 2. The van der Waals surface area contributed by atoms with Gasteiger partial charge in [-0.2, -0.15) is 0 Å². The van der Waals surface area contributed by atoms with Crippen molar-refractivity contribution in [1.82, 2.24) is 9.97 Å². The van der Waals surface area contributed by atoms with Gasteiger partial charge in [-0.05, 0) is 50.6 Å². The quantitative estimate of drug-likeness (QED) is 0.542. The number of carbonyl (C=O) groups is 1. The van der Waals surface area contributed by atoms with Gasteiger partial charge in [-0.3, -0.25) is 0 Å². The molecule has 0 radical (unpaired) electrons. The van der Waals surface area contributed by atoms with Gasteiger partial charge in [0.2, 0.25) is 0 Å². The molecule has 2 aromatic carbocycles. The summed E-state index contributed by atoms with van der Waals surface area (Å²) in [6, 6.07) is 14.5. The van der Waals surface area contributed by atoms with Crippen LogP contribution in [-0.2, 0) is 4.74 Å². The smallest absolute Gasteiger partial charge is 0.340 e. The number of esters is 1. The van der Waals surface area contributed by atoms with Crippen LogP contribution in [0.15, 0.2) is 48.5 Å². The number of ether oxygens (including phenoxy) is 1. The molecule has 0 unspecified atom stereocenters. The largest absolute Gasteiger partial charge is 0.462 e. The van der Waals surface area contributed by atoms with Crippen molar-refractivity contribution < 1.29 is 9.53 Å². The Hall–Kier alpha value is -3.12. The maximum Gasteiger partial charge on any atom is 0.340 e. The zero-order valence-electron chi connectivity index (χ0n) is 15.9. The van der Waals surface area contributed by atoms with Gasteiger partial charge in [0.25, 0.3) is 0 Å². The standard InChI is InChI=1S/C21H21ClN4O2/c1-4-28-21(27)16-7-5-6-8-17(16)25-19-12-20(24-14(3)23-19)26-18-11-15(22)10-9-13(18)2/h5-12H,4H2,1-3H3,(H2,23,24,25,26). The maximum atomic E-state index is 12.2. The number of carbonyl (C=O) groups excluding carboxylic acids is 1. The fourth-order valence-electron chi connectivity index (χ4n) is 2.68. The summed E-state index contributed by atoms with van der Waals surface area (Å²) in [4.78, 5) is 21.0. The van der Waals surface area contributed by atoms with E-state index in [1.807, 2.05) is 31.2 Å². The molecule has 2 N–H and O–H groups in total. The first kappa shape index (κ1) is 19.6. The summed E-state index contributed by atoms with van der Waals surface area (Å²) >= 11 is 6.10. The predicted octanol–water partition coefficient (Wildman–Crippen LogP) is 5.41. The first-order valence-corrected chi connectivity index (χ1v) is 9.26. The van der Waals surface area contributed by atoms with Crippen LogP contribution in [0, 0.1) is 13.8 Å². The summed E-state index contributed by atoms with van der Waals surface area (Å²) < 4.78 is 5.12. The number of nitrogens with zero attached hydrogens (tertiary/aromatic N) is 2. The Balaban J connectivity index is 1.89. The second-order valence-corrected chi connectivity index (χ2v) is 6.60. The average Bonchev–Trinajstić information content (AvgIpc) is 2.65. The number of aromatic nitrogens is 2. The number of rotatable bonds is 6. The third-order valence-corrected chi connectivity index (χ3v) is 4.22. The lowest BCUT2D eigenvalue weighted by atomic mass is 10.2. The molecule has 1 heterocycles. The van der Waals surface area contributed by atoms with E-state index in [1.54, 1.807) is 38.1 Å². The van der Waals surface area contributed by atoms with Gasteiger partial charge in [0.15, 0.2) is 0 Å². The third-order valence-electron chi connectivity index (χ3n) is 3.99. The van der Waals surface area contributed by atoms with Crippen molar-refractivity contribution in [3.63, 3.8) is 0 Å². The minimum Gasteiger partial charge on any atom is -0.462 e. The number of nitrogens with one attached hydrogen (secondary N) is 2. The Morgan fingerprint density at radius 2 is 1.68 bits per heavy atom. The van der Waals surface area contributed by atoms with E-state index >= 15 is 0 Å². The van der Waals surface area contributed by atoms with Crippen LogP contribution in [0.1, 0.15) is 28.7 Å². The normalized spacial score (nSPS) is 10.4. The zero-order valence-corrected chi connectivity index (χ0v) is 16.7. The molecule has 0 atom stereocenters. The second-order valence-electron chi connectivity index (χ2n) is 6.16.